The van der Waals surface area contributed by atoms with E-state index in [1.165, 1.54) is 0 Å². The summed E-state index contributed by atoms with van der Waals surface area (Å²) in [6.07, 6.45) is -20.6. The van der Waals surface area contributed by atoms with Crippen LogP contribution in [-0.4, -0.2) is 196 Å². The molecule has 0 aromatic rings. The van der Waals surface area contributed by atoms with E-state index in [9.17, 15) is 40.5 Å². The largest absolute Gasteiger partial charge is 0.394 e. The number of nitrogens with zero attached hydrogens (tertiary/aromatic N) is 1. The fourth-order valence-electron chi connectivity index (χ4n) is 6.70. The van der Waals surface area contributed by atoms with Crippen LogP contribution in [0, 0.1) is 0 Å². The van der Waals surface area contributed by atoms with Gasteiger partial charge in [0.2, 0.25) is 5.91 Å². The monoisotopic (exact) mass is 770 g/mol. The third-order valence-corrected chi connectivity index (χ3v) is 9.92. The molecule has 1 amide bonds. The number of aliphatic hydroxyl groups excluding tert-OH is 7. The van der Waals surface area contributed by atoms with Crippen molar-refractivity contribution in [3.05, 3.63) is 0 Å². The Hall–Kier alpha value is -2.02. The van der Waals surface area contributed by atoms with Crippen LogP contribution in [0.1, 0.15) is 19.3 Å². The number of hydrogen-bond acceptors (Lipinski definition) is 21. The Balaban J connectivity index is 1.43. The summed E-state index contributed by atoms with van der Waals surface area (Å²) in [4.78, 5) is 16.4. The van der Waals surface area contributed by atoms with Crippen molar-refractivity contribution >= 4 is 11.9 Å². The van der Waals surface area contributed by atoms with Gasteiger partial charge in [-0.3, -0.25) is 9.79 Å². The Morgan fingerprint density at radius 3 is 1.87 bits per heavy atom. The van der Waals surface area contributed by atoms with E-state index in [4.69, 9.17) is 74.3 Å². The van der Waals surface area contributed by atoms with Crippen molar-refractivity contribution < 1.29 is 69.0 Å². The third-order valence-electron chi connectivity index (χ3n) is 9.92. The molecule has 24 N–H and O–H groups in total. The van der Waals surface area contributed by atoms with Gasteiger partial charge in [-0.1, -0.05) is 0 Å². The first-order valence-corrected chi connectivity index (χ1v) is 17.4. The van der Waals surface area contributed by atoms with Gasteiger partial charge in [0.25, 0.3) is 0 Å². The number of amides is 1. The molecule has 0 bridgehead atoms. The normalized spacial score (nSPS) is 45.4. The number of carbonyl (C=O) groups is 1. The number of ether oxygens (including phenoxy) is 6. The van der Waals surface area contributed by atoms with E-state index in [-0.39, 0.29) is 38.4 Å². The quantitative estimate of drug-likeness (QED) is 0.0417. The first-order valence-electron chi connectivity index (χ1n) is 17.4. The maximum atomic E-state index is 12.6. The molecule has 1 aliphatic carbocycles. The minimum atomic E-state index is -1.67. The zero-order chi connectivity index (χ0) is 39.3. The van der Waals surface area contributed by atoms with Gasteiger partial charge < -0.3 is 115 Å². The van der Waals surface area contributed by atoms with Crippen LogP contribution in [0.2, 0.25) is 0 Å². The summed E-state index contributed by atoms with van der Waals surface area (Å²) in [5, 5.41) is 77.1. The lowest BCUT2D eigenvalue weighted by molar-refractivity contribution is -0.307. The van der Waals surface area contributed by atoms with E-state index < -0.39 is 135 Å². The van der Waals surface area contributed by atoms with Gasteiger partial charge in [-0.25, -0.2) is 0 Å². The van der Waals surface area contributed by atoms with E-state index >= 15 is 0 Å². The summed E-state index contributed by atoms with van der Waals surface area (Å²) >= 11 is 0. The highest BCUT2D eigenvalue weighted by atomic mass is 16.8. The number of carbonyl (C=O) groups excluding carboxylic acids is 1. The maximum Gasteiger partial charge on any atom is 0.237 e. The summed E-state index contributed by atoms with van der Waals surface area (Å²) in [5.41, 5.74) is 46.9. The molecular weight excluding hydrogens is 712 g/mol. The van der Waals surface area contributed by atoms with Crippen molar-refractivity contribution in [3.8, 4) is 0 Å². The highest BCUT2D eigenvalue weighted by Gasteiger charge is 2.54. The Bertz CT molecular complexity index is 1200. The fraction of sp³-hybridized carbons (Fsp3) is 0.931. The smallest absolute Gasteiger partial charge is 0.237 e. The number of nitrogens with one attached hydrogen (secondary N) is 1. The zero-order valence-electron chi connectivity index (χ0n) is 29.1. The number of hydrogen-bond donors (Lipinski definition) is 16. The van der Waals surface area contributed by atoms with Crippen LogP contribution < -0.4 is 51.2 Å². The molecule has 0 aromatic heterocycles. The fourth-order valence-corrected chi connectivity index (χ4v) is 6.70. The molecule has 1 unspecified atom stereocenters. The molecule has 53 heavy (non-hydrogen) atoms. The standard InChI is InChI=1S/C29H58N10O14/c30-5-11-17(42)19(44)14(34)26(48-11)52-23-13(7-40)50-28(21(23)46)53-24-16(41)9(32)4-10(33)22(24)51-27-15(35)20(45)18(43)12(49-27)6-39-25(47)8(31)2-1-3-38-29(36)37/h8-24,26-28,40-46H,1-7,30-35H2,(H,39,47)(H4,36,37,38)/t8?,9-,10+,11+,12-,13+,14-,15-,16+,17-,18-,19-,20-,21+,22-,23+,24-,26-,27-,28-/m1/s1. The number of aliphatic hydroxyl groups is 7. The Labute approximate surface area is 305 Å². The minimum Gasteiger partial charge on any atom is -0.394 e. The summed E-state index contributed by atoms with van der Waals surface area (Å²) in [6.45, 7) is -0.921. The molecule has 0 aromatic carbocycles. The molecule has 4 rings (SSSR count). The average Bonchev–Trinajstić information content (AvgIpc) is 3.42. The van der Waals surface area contributed by atoms with Gasteiger partial charge in [-0.15, -0.1) is 0 Å². The van der Waals surface area contributed by atoms with Crippen LogP contribution in [0.4, 0.5) is 0 Å². The number of rotatable bonds is 15. The number of guanidine groups is 1. The second kappa shape index (κ2) is 19.2. The van der Waals surface area contributed by atoms with E-state index in [2.05, 4.69) is 10.3 Å². The Morgan fingerprint density at radius 2 is 1.28 bits per heavy atom. The molecule has 308 valence electrons. The van der Waals surface area contributed by atoms with E-state index in [0.29, 0.717) is 6.42 Å². The van der Waals surface area contributed by atoms with E-state index in [1.54, 1.807) is 0 Å². The molecule has 0 radical (unpaired) electrons. The highest BCUT2D eigenvalue weighted by molar-refractivity contribution is 5.81. The first-order chi connectivity index (χ1) is 25.0. The van der Waals surface area contributed by atoms with Gasteiger partial charge >= 0.3 is 0 Å². The van der Waals surface area contributed by atoms with Crippen molar-refractivity contribution in [2.75, 3.05) is 26.2 Å². The summed E-state index contributed by atoms with van der Waals surface area (Å²) < 4.78 is 35.2. The van der Waals surface area contributed by atoms with Crippen molar-refractivity contribution in [1.82, 2.24) is 5.32 Å². The van der Waals surface area contributed by atoms with Crippen LogP contribution in [0.15, 0.2) is 4.99 Å². The van der Waals surface area contributed by atoms with Gasteiger partial charge in [0.15, 0.2) is 24.8 Å². The predicted molar refractivity (Wildman–Crippen MR) is 180 cm³/mol. The van der Waals surface area contributed by atoms with Crippen LogP contribution in [-0.2, 0) is 33.2 Å². The van der Waals surface area contributed by atoms with Crippen LogP contribution in [0.25, 0.3) is 0 Å². The molecule has 1 saturated carbocycles. The summed E-state index contributed by atoms with van der Waals surface area (Å²) in [6, 6.07) is -5.46. The lowest BCUT2D eigenvalue weighted by Gasteiger charge is -2.47. The van der Waals surface area contributed by atoms with E-state index in [1.807, 2.05) is 0 Å². The molecule has 20 atom stereocenters. The number of nitrogens with two attached hydrogens (primary N) is 8. The molecule has 0 spiro atoms. The van der Waals surface area contributed by atoms with Gasteiger partial charge in [0.05, 0.1) is 30.8 Å². The van der Waals surface area contributed by atoms with Gasteiger partial charge in [-0.05, 0) is 19.3 Å². The second-order valence-electron chi connectivity index (χ2n) is 13.8. The first kappa shape index (κ1) is 43.7. The van der Waals surface area contributed by atoms with Crippen molar-refractivity contribution in [2.24, 2.45) is 50.9 Å². The number of aliphatic imine (C=N–C) groups is 1. The van der Waals surface area contributed by atoms with Crippen LogP contribution >= 0.6 is 0 Å². The zero-order valence-corrected chi connectivity index (χ0v) is 29.1. The van der Waals surface area contributed by atoms with Crippen molar-refractivity contribution in [2.45, 2.75) is 142 Å². The maximum absolute atomic E-state index is 12.6. The molecule has 3 heterocycles. The predicted octanol–water partition coefficient (Wildman–Crippen LogP) is -10.4. The molecule has 24 nitrogen and oxygen atoms in total. The van der Waals surface area contributed by atoms with Gasteiger partial charge in [-0.2, -0.15) is 0 Å². The lowest BCUT2D eigenvalue weighted by atomic mass is 9.84. The van der Waals surface area contributed by atoms with Crippen molar-refractivity contribution in [3.63, 3.8) is 0 Å². The Kier molecular flexibility index (Phi) is 15.9. The average molecular weight is 771 g/mol. The SMILES string of the molecule is NC[C@@H]1O[C@H](O[C@@H]2[C@H](O)[C@@H](O[C@@H]3[C@@H](O)[C@H](N)C[C@H](N)[C@H]3O[C@H]3O[C@H](CNC(=O)C(N)CCCN=C(N)N)[C@@H](O)[C@H](O)[C@H]3N)O[C@H]2CO)[C@H](N)[C@@H](O)[C@@H]1O. The van der Waals surface area contributed by atoms with Gasteiger partial charge in [0.1, 0.15) is 67.1 Å². The van der Waals surface area contributed by atoms with Crippen LogP contribution in [0.5, 0.6) is 0 Å². The molecule has 4 aliphatic rings. The molecule has 24 heteroatoms. The molecule has 3 saturated heterocycles. The third kappa shape index (κ3) is 10.2. The molecule has 4 fully saturated rings. The lowest BCUT2D eigenvalue weighted by Crippen LogP contribution is -2.68. The Morgan fingerprint density at radius 1 is 0.736 bits per heavy atom. The second-order valence-corrected chi connectivity index (χ2v) is 13.8. The van der Waals surface area contributed by atoms with Crippen LogP contribution in [0.3, 0.4) is 0 Å². The summed E-state index contributed by atoms with van der Waals surface area (Å²) in [7, 11) is 0. The molecule has 3 aliphatic heterocycles. The molecular formula is C29H58N10O14. The summed E-state index contributed by atoms with van der Waals surface area (Å²) in [5.74, 6) is -0.666. The topological polar surface area (TPSA) is 447 Å². The van der Waals surface area contributed by atoms with Gasteiger partial charge in [0, 0.05) is 31.7 Å². The van der Waals surface area contributed by atoms with E-state index in [0.717, 1.165) is 0 Å². The van der Waals surface area contributed by atoms with Crippen molar-refractivity contribution in [1.29, 1.82) is 0 Å². The minimum absolute atomic E-state index is 0.0197. The highest BCUT2D eigenvalue weighted by Crippen LogP contribution is 2.34.